The smallest absolute Gasteiger partial charge is 0.264 e. The molecule has 0 saturated carbocycles. The van der Waals surface area contributed by atoms with E-state index in [1.165, 1.54) is 26.4 Å². The van der Waals surface area contributed by atoms with Gasteiger partial charge in [0, 0.05) is 27.8 Å². The number of aryl methyl sites for hydroxylation is 1. The summed E-state index contributed by atoms with van der Waals surface area (Å²) in [4.78, 5) is 60.1. The van der Waals surface area contributed by atoms with Gasteiger partial charge in [-0.1, -0.05) is 72.6 Å². The van der Waals surface area contributed by atoms with Crippen molar-refractivity contribution in [3.8, 4) is 0 Å². The number of likely N-dealkylation sites (N-methyl/N-ethyl adjacent to an activating group) is 2. The number of nitrogens with zero attached hydrogens (tertiary/aromatic N) is 3. The summed E-state index contributed by atoms with van der Waals surface area (Å²) >= 11 is 0. The van der Waals surface area contributed by atoms with Gasteiger partial charge in [0.15, 0.2) is 0 Å². The number of methoxy groups -OCH3 is 2. The summed E-state index contributed by atoms with van der Waals surface area (Å²) in [5.74, 6) is -2.54. The Morgan fingerprint density at radius 2 is 1.52 bits per heavy atom. The monoisotopic (exact) mass is 751 g/mol. The van der Waals surface area contributed by atoms with Crippen LogP contribution < -0.4 is 10.0 Å². The van der Waals surface area contributed by atoms with Gasteiger partial charge < -0.3 is 24.6 Å². The van der Waals surface area contributed by atoms with E-state index in [9.17, 15) is 27.6 Å². The largest absolute Gasteiger partial charge is 0.379 e. The number of amides is 4. The molecule has 0 spiro atoms. The number of hydrogen-bond donors (Lipinski definition) is 2. The molecule has 52 heavy (non-hydrogen) atoms. The first-order valence-corrected chi connectivity index (χ1v) is 19.9. The molecule has 1 aromatic rings. The fraction of sp³-hybridized carbons (Fsp3) is 0.737. The highest BCUT2D eigenvalue weighted by Crippen LogP contribution is 2.30. The van der Waals surface area contributed by atoms with Crippen LogP contribution in [-0.2, 0) is 38.7 Å². The lowest BCUT2D eigenvalue weighted by Crippen LogP contribution is -2.59. The van der Waals surface area contributed by atoms with Crippen LogP contribution in [0.3, 0.4) is 0 Å². The number of likely N-dealkylation sites (tertiary alicyclic amines) is 1. The van der Waals surface area contributed by atoms with Gasteiger partial charge in [-0.05, 0) is 63.7 Å². The molecule has 0 unspecified atom stereocenters. The Kier molecular flexibility index (Phi) is 17.2. The Morgan fingerprint density at radius 3 is 2.00 bits per heavy atom. The third-order valence-corrected chi connectivity index (χ3v) is 11.9. The van der Waals surface area contributed by atoms with E-state index in [1.807, 2.05) is 67.5 Å². The first-order chi connectivity index (χ1) is 24.2. The van der Waals surface area contributed by atoms with Gasteiger partial charge in [0.25, 0.3) is 10.0 Å². The van der Waals surface area contributed by atoms with Crippen LogP contribution in [0.5, 0.6) is 0 Å². The summed E-state index contributed by atoms with van der Waals surface area (Å²) in [7, 11) is 4.25. The van der Waals surface area contributed by atoms with Crippen LogP contribution in [0.1, 0.15) is 79.7 Å². The molecular formula is C38H65N5O8S. The molecule has 1 aliphatic rings. The summed E-state index contributed by atoms with van der Waals surface area (Å²) in [6.45, 7) is 15.6. The maximum Gasteiger partial charge on any atom is 0.264 e. The highest BCUT2D eigenvalue weighted by Gasteiger charge is 2.43. The van der Waals surface area contributed by atoms with E-state index in [0.29, 0.717) is 25.8 Å². The zero-order chi connectivity index (χ0) is 39.7. The standard InChI is InChI=1S/C38H65N5O8S/c1-14-26(7)34(42(11)38(47)32(23(2)3)39-37(46)33(24(4)5)41(9)10)30(50-12)22-31(44)43-21-15-16-29(43)35(51-13)27(8)36(45)40-52(48,49)28-19-17-25(6)18-20-28/h17-20,23-24,26-27,29-30,32-35H,14-16,21-22H2,1-13H3,(H,39,46)(H,40,45)/t26-,27+,29-,30+,32-,33-,34-,35+/m0/s1. The molecule has 1 aromatic carbocycles. The third kappa shape index (κ3) is 11.2. The Morgan fingerprint density at radius 1 is 0.923 bits per heavy atom. The molecule has 0 aromatic heterocycles. The highest BCUT2D eigenvalue weighted by atomic mass is 32.2. The van der Waals surface area contributed by atoms with Gasteiger partial charge in [-0.3, -0.25) is 24.1 Å². The van der Waals surface area contributed by atoms with Crippen LogP contribution in [0.25, 0.3) is 0 Å². The van der Waals surface area contributed by atoms with Crippen molar-refractivity contribution < 1.29 is 37.1 Å². The number of benzene rings is 1. The van der Waals surface area contributed by atoms with Crippen molar-refractivity contribution in [2.75, 3.05) is 41.9 Å². The first kappa shape index (κ1) is 45.1. The number of ether oxygens (including phenoxy) is 2. The van der Waals surface area contributed by atoms with E-state index >= 15 is 0 Å². The van der Waals surface area contributed by atoms with E-state index in [4.69, 9.17) is 9.47 Å². The third-order valence-electron chi connectivity index (χ3n) is 10.5. The summed E-state index contributed by atoms with van der Waals surface area (Å²) in [5.41, 5.74) is 0.886. The minimum atomic E-state index is -4.11. The van der Waals surface area contributed by atoms with Crippen LogP contribution in [0, 0.1) is 30.6 Å². The Hall–Kier alpha value is -3.07. The van der Waals surface area contributed by atoms with Crippen molar-refractivity contribution >= 4 is 33.7 Å². The minimum absolute atomic E-state index is 0.0226. The molecule has 1 aliphatic heterocycles. The van der Waals surface area contributed by atoms with Crippen molar-refractivity contribution in [1.82, 2.24) is 24.7 Å². The summed E-state index contributed by atoms with van der Waals surface area (Å²) in [6.07, 6.45) is 0.471. The normalized spacial score (nSPS) is 19.2. The van der Waals surface area contributed by atoms with Crippen molar-refractivity contribution in [3.63, 3.8) is 0 Å². The summed E-state index contributed by atoms with van der Waals surface area (Å²) < 4.78 is 39.9. The topological polar surface area (TPSA) is 155 Å². The van der Waals surface area contributed by atoms with Crippen LogP contribution >= 0.6 is 0 Å². The molecular weight excluding hydrogens is 687 g/mol. The molecule has 2 rings (SSSR count). The van der Waals surface area contributed by atoms with E-state index < -0.39 is 58.2 Å². The fourth-order valence-corrected chi connectivity index (χ4v) is 8.48. The van der Waals surface area contributed by atoms with Gasteiger partial charge >= 0.3 is 0 Å². The quantitative estimate of drug-likeness (QED) is 0.216. The Bertz CT molecular complexity index is 1440. The number of nitrogens with one attached hydrogen (secondary N) is 2. The maximum atomic E-state index is 14.2. The van der Waals surface area contributed by atoms with Gasteiger partial charge in [0.2, 0.25) is 23.6 Å². The lowest BCUT2D eigenvalue weighted by Gasteiger charge is -2.41. The van der Waals surface area contributed by atoms with Crippen LogP contribution in [0.2, 0.25) is 0 Å². The van der Waals surface area contributed by atoms with Gasteiger partial charge in [-0.25, -0.2) is 13.1 Å². The van der Waals surface area contributed by atoms with Gasteiger partial charge in [-0.2, -0.15) is 0 Å². The lowest BCUT2D eigenvalue weighted by molar-refractivity contribution is -0.148. The summed E-state index contributed by atoms with van der Waals surface area (Å²) in [6, 6.07) is 4.03. The molecule has 0 radical (unpaired) electrons. The Labute approximate surface area is 312 Å². The molecule has 0 aliphatic carbocycles. The SMILES string of the molecule is CC[C@H](C)[C@@H]([C@@H](CC(=O)N1CCC[C@H]1[C@H](OC)[C@@H](C)C(=O)NS(=O)(=O)c1ccc(C)cc1)OC)N(C)C(=O)[C@@H](NC(=O)[C@H](C(C)C)N(C)C)C(C)C. The fourth-order valence-electron chi connectivity index (χ4n) is 7.41. The van der Waals surface area contributed by atoms with E-state index in [-0.39, 0.29) is 46.8 Å². The zero-order valence-corrected chi connectivity index (χ0v) is 34.5. The molecule has 13 nitrogen and oxygen atoms in total. The zero-order valence-electron chi connectivity index (χ0n) is 33.6. The first-order valence-electron chi connectivity index (χ1n) is 18.5. The highest BCUT2D eigenvalue weighted by molar-refractivity contribution is 7.90. The van der Waals surface area contributed by atoms with Crippen LogP contribution in [0.4, 0.5) is 0 Å². The molecule has 8 atom stereocenters. The average molecular weight is 752 g/mol. The number of sulfonamides is 1. The predicted molar refractivity (Wildman–Crippen MR) is 202 cm³/mol. The van der Waals surface area contributed by atoms with Crippen molar-refractivity contribution in [2.45, 2.75) is 122 Å². The minimum Gasteiger partial charge on any atom is -0.379 e. The second-order valence-corrected chi connectivity index (χ2v) is 16.9. The van der Waals surface area contributed by atoms with Gasteiger partial charge in [0.05, 0.1) is 47.6 Å². The second kappa shape index (κ2) is 19.8. The molecule has 0 bridgehead atoms. The molecule has 1 saturated heterocycles. The molecule has 296 valence electrons. The molecule has 1 heterocycles. The van der Waals surface area contributed by atoms with E-state index in [1.54, 1.807) is 35.9 Å². The molecule has 14 heteroatoms. The van der Waals surface area contributed by atoms with Gasteiger partial charge in [0.1, 0.15) is 6.04 Å². The predicted octanol–water partition coefficient (Wildman–Crippen LogP) is 3.45. The maximum absolute atomic E-state index is 14.2. The Balaban J connectivity index is 2.29. The summed E-state index contributed by atoms with van der Waals surface area (Å²) in [5, 5.41) is 3.01. The van der Waals surface area contributed by atoms with Crippen LogP contribution in [0.15, 0.2) is 29.2 Å². The van der Waals surface area contributed by atoms with Crippen LogP contribution in [-0.4, -0.2) is 125 Å². The number of carbonyl (C=O) groups is 4. The van der Waals surface area contributed by atoms with Gasteiger partial charge in [-0.15, -0.1) is 0 Å². The van der Waals surface area contributed by atoms with E-state index in [2.05, 4.69) is 10.0 Å². The number of carbonyl (C=O) groups excluding carboxylic acids is 4. The van der Waals surface area contributed by atoms with E-state index in [0.717, 1.165) is 5.56 Å². The lowest BCUT2D eigenvalue weighted by atomic mass is 9.89. The molecule has 2 N–H and O–H groups in total. The molecule has 1 fully saturated rings. The molecule has 4 amide bonds. The average Bonchev–Trinajstić information content (AvgIpc) is 3.55. The number of hydrogen-bond acceptors (Lipinski definition) is 9. The van der Waals surface area contributed by atoms with Crippen molar-refractivity contribution in [3.05, 3.63) is 29.8 Å². The second-order valence-electron chi connectivity index (χ2n) is 15.3. The number of rotatable bonds is 19. The van der Waals surface area contributed by atoms with Crippen molar-refractivity contribution in [2.24, 2.45) is 23.7 Å². The van der Waals surface area contributed by atoms with Crippen molar-refractivity contribution in [1.29, 1.82) is 0 Å².